The predicted octanol–water partition coefficient (Wildman–Crippen LogP) is 1.35. The Hall–Kier alpha value is -2.60. The first kappa shape index (κ1) is 13.4. The fourth-order valence-corrected chi connectivity index (χ4v) is 2.10. The Morgan fingerprint density at radius 1 is 1.19 bits per heavy atom. The molecule has 0 saturated carbocycles. The molecule has 1 aliphatic rings. The quantitative estimate of drug-likeness (QED) is 0.892. The normalized spacial score (nSPS) is 14.6. The summed E-state index contributed by atoms with van der Waals surface area (Å²) in [5.41, 5.74) is 1.11. The van der Waals surface area contributed by atoms with Crippen LogP contribution in [0.3, 0.4) is 0 Å². The summed E-state index contributed by atoms with van der Waals surface area (Å²) in [6.45, 7) is 0.742. The van der Waals surface area contributed by atoms with Crippen molar-refractivity contribution in [2.24, 2.45) is 0 Å². The van der Waals surface area contributed by atoms with E-state index in [1.54, 1.807) is 41.3 Å². The number of nitrogens with one attached hydrogen (secondary N) is 1. The van der Waals surface area contributed by atoms with E-state index < -0.39 is 6.10 Å². The number of aliphatic hydroxyl groups is 1. The van der Waals surface area contributed by atoms with Gasteiger partial charge in [0.05, 0.1) is 12.4 Å². The van der Waals surface area contributed by atoms with E-state index >= 15 is 0 Å². The van der Waals surface area contributed by atoms with Crippen LogP contribution in [0.15, 0.2) is 47.1 Å². The van der Waals surface area contributed by atoms with Crippen LogP contribution in [0, 0.1) is 0 Å². The molecular formula is C15H14N2O4. The minimum atomic E-state index is -0.416. The van der Waals surface area contributed by atoms with Crippen molar-refractivity contribution in [1.29, 1.82) is 0 Å². The third-order valence-corrected chi connectivity index (χ3v) is 3.28. The van der Waals surface area contributed by atoms with Crippen LogP contribution < -0.4 is 5.32 Å². The van der Waals surface area contributed by atoms with Gasteiger partial charge in [-0.1, -0.05) is 0 Å². The SMILES string of the molecule is O=C(Nc1ccc(C(=O)N2CC(O)C2)cc1)c1ccco1. The third-order valence-electron chi connectivity index (χ3n) is 3.28. The first-order valence-corrected chi connectivity index (χ1v) is 6.56. The second-order valence-corrected chi connectivity index (χ2v) is 4.87. The van der Waals surface area contributed by atoms with Crippen LogP contribution in [0.4, 0.5) is 5.69 Å². The van der Waals surface area contributed by atoms with Gasteiger partial charge in [-0.25, -0.2) is 0 Å². The Morgan fingerprint density at radius 3 is 2.48 bits per heavy atom. The molecule has 0 unspecified atom stereocenters. The van der Waals surface area contributed by atoms with Gasteiger partial charge in [-0.05, 0) is 36.4 Å². The zero-order valence-corrected chi connectivity index (χ0v) is 11.2. The largest absolute Gasteiger partial charge is 0.459 e. The lowest BCUT2D eigenvalue weighted by atomic mass is 10.1. The van der Waals surface area contributed by atoms with Crippen LogP contribution in [0.25, 0.3) is 0 Å². The van der Waals surface area contributed by atoms with E-state index in [2.05, 4.69) is 5.32 Å². The van der Waals surface area contributed by atoms with Gasteiger partial charge in [0.25, 0.3) is 11.8 Å². The number of hydrogen-bond acceptors (Lipinski definition) is 4. The van der Waals surface area contributed by atoms with Crippen LogP contribution in [0.5, 0.6) is 0 Å². The lowest BCUT2D eigenvalue weighted by Crippen LogP contribution is -2.53. The molecule has 1 saturated heterocycles. The Morgan fingerprint density at radius 2 is 1.90 bits per heavy atom. The predicted molar refractivity (Wildman–Crippen MR) is 75.0 cm³/mol. The van der Waals surface area contributed by atoms with E-state index in [0.29, 0.717) is 24.3 Å². The molecule has 21 heavy (non-hydrogen) atoms. The number of β-amino-alcohol motifs (C(OH)–C–C–N with tert-alkyl or cyclic N) is 1. The summed E-state index contributed by atoms with van der Waals surface area (Å²) >= 11 is 0. The highest BCUT2D eigenvalue weighted by Crippen LogP contribution is 2.16. The molecule has 0 aliphatic carbocycles. The number of anilines is 1. The molecule has 108 valence electrons. The molecule has 2 N–H and O–H groups in total. The molecule has 0 bridgehead atoms. The van der Waals surface area contributed by atoms with Crippen molar-refractivity contribution in [1.82, 2.24) is 4.90 Å². The van der Waals surface area contributed by atoms with Gasteiger partial charge in [0.2, 0.25) is 0 Å². The van der Waals surface area contributed by atoms with Crippen molar-refractivity contribution < 1.29 is 19.1 Å². The number of nitrogens with zero attached hydrogens (tertiary/aromatic N) is 1. The summed E-state index contributed by atoms with van der Waals surface area (Å²) in [6.07, 6.45) is 1.01. The first-order valence-electron chi connectivity index (χ1n) is 6.56. The van der Waals surface area contributed by atoms with Gasteiger partial charge < -0.3 is 19.7 Å². The number of furan rings is 1. The smallest absolute Gasteiger partial charge is 0.291 e. The fraction of sp³-hybridized carbons (Fsp3) is 0.200. The molecule has 0 radical (unpaired) electrons. The van der Waals surface area contributed by atoms with Gasteiger partial charge >= 0.3 is 0 Å². The summed E-state index contributed by atoms with van der Waals surface area (Å²) in [6, 6.07) is 9.81. The lowest BCUT2D eigenvalue weighted by molar-refractivity contribution is 0.00590. The number of benzene rings is 1. The Balaban J connectivity index is 1.64. The summed E-state index contributed by atoms with van der Waals surface area (Å²) in [4.78, 5) is 25.4. The van der Waals surface area contributed by atoms with Gasteiger partial charge in [0.1, 0.15) is 0 Å². The lowest BCUT2D eigenvalue weighted by Gasteiger charge is -2.35. The van der Waals surface area contributed by atoms with E-state index in [9.17, 15) is 14.7 Å². The van der Waals surface area contributed by atoms with Crippen molar-refractivity contribution in [2.75, 3.05) is 18.4 Å². The van der Waals surface area contributed by atoms with Crippen LogP contribution >= 0.6 is 0 Å². The summed E-state index contributed by atoms with van der Waals surface area (Å²) < 4.78 is 5.00. The number of amides is 2. The third kappa shape index (κ3) is 2.80. The zero-order valence-electron chi connectivity index (χ0n) is 11.2. The second kappa shape index (κ2) is 5.41. The molecule has 2 amide bonds. The van der Waals surface area contributed by atoms with Crippen molar-refractivity contribution in [2.45, 2.75) is 6.10 Å². The number of aliphatic hydroxyl groups excluding tert-OH is 1. The highest BCUT2D eigenvalue weighted by molar-refractivity contribution is 6.02. The molecule has 0 atom stereocenters. The van der Waals surface area contributed by atoms with E-state index in [4.69, 9.17) is 4.42 Å². The number of likely N-dealkylation sites (tertiary alicyclic amines) is 1. The molecule has 0 spiro atoms. The van der Waals surface area contributed by atoms with Crippen LogP contribution in [-0.4, -0.2) is 41.0 Å². The molecule has 2 heterocycles. The maximum absolute atomic E-state index is 12.0. The average molecular weight is 286 g/mol. The second-order valence-electron chi connectivity index (χ2n) is 4.87. The number of rotatable bonds is 3. The number of carbonyl (C=O) groups excluding carboxylic acids is 2. The van der Waals surface area contributed by atoms with E-state index in [0.717, 1.165) is 0 Å². The molecule has 1 fully saturated rings. The molecule has 1 aliphatic heterocycles. The van der Waals surface area contributed by atoms with Gasteiger partial charge in [-0.2, -0.15) is 0 Å². The maximum Gasteiger partial charge on any atom is 0.291 e. The Bertz CT molecular complexity index is 643. The average Bonchev–Trinajstić information content (AvgIpc) is 2.98. The topological polar surface area (TPSA) is 82.8 Å². The molecule has 6 nitrogen and oxygen atoms in total. The summed E-state index contributed by atoms with van der Waals surface area (Å²) in [5.74, 6) is -0.237. The van der Waals surface area contributed by atoms with Gasteiger partial charge in [-0.15, -0.1) is 0 Å². The Kier molecular flexibility index (Phi) is 3.45. The minimum absolute atomic E-state index is 0.121. The summed E-state index contributed by atoms with van der Waals surface area (Å²) in [5, 5.41) is 11.9. The zero-order chi connectivity index (χ0) is 14.8. The first-order chi connectivity index (χ1) is 10.1. The van der Waals surface area contributed by atoms with E-state index in [1.165, 1.54) is 6.26 Å². The molecule has 6 heteroatoms. The molecule has 3 rings (SSSR count). The summed E-state index contributed by atoms with van der Waals surface area (Å²) in [7, 11) is 0. The standard InChI is InChI=1S/C15H14N2O4/c18-12-8-17(9-12)15(20)10-3-5-11(6-4-10)16-14(19)13-2-1-7-21-13/h1-7,12,18H,8-9H2,(H,16,19). The van der Waals surface area contributed by atoms with Crippen molar-refractivity contribution >= 4 is 17.5 Å². The molecule has 2 aromatic rings. The maximum atomic E-state index is 12.0. The van der Waals surface area contributed by atoms with Crippen molar-refractivity contribution in [3.05, 3.63) is 54.0 Å². The van der Waals surface area contributed by atoms with Gasteiger partial charge in [-0.3, -0.25) is 9.59 Å². The van der Waals surface area contributed by atoms with Crippen LogP contribution in [0.1, 0.15) is 20.9 Å². The fourth-order valence-electron chi connectivity index (χ4n) is 2.10. The van der Waals surface area contributed by atoms with Crippen molar-refractivity contribution in [3.63, 3.8) is 0 Å². The Labute approximate surface area is 121 Å². The van der Waals surface area contributed by atoms with E-state index in [1.807, 2.05) is 0 Å². The monoisotopic (exact) mass is 286 g/mol. The van der Waals surface area contributed by atoms with Gasteiger partial charge in [0.15, 0.2) is 5.76 Å². The van der Waals surface area contributed by atoms with Gasteiger partial charge in [0, 0.05) is 24.3 Å². The van der Waals surface area contributed by atoms with Crippen LogP contribution in [-0.2, 0) is 0 Å². The molecule has 1 aromatic carbocycles. The number of carbonyl (C=O) groups is 2. The number of hydrogen-bond donors (Lipinski definition) is 2. The van der Waals surface area contributed by atoms with Crippen molar-refractivity contribution in [3.8, 4) is 0 Å². The molecule has 1 aromatic heterocycles. The molecular weight excluding hydrogens is 272 g/mol. The highest BCUT2D eigenvalue weighted by Gasteiger charge is 2.29. The minimum Gasteiger partial charge on any atom is -0.459 e. The van der Waals surface area contributed by atoms with E-state index in [-0.39, 0.29) is 17.6 Å². The highest BCUT2D eigenvalue weighted by atomic mass is 16.3. The van der Waals surface area contributed by atoms with Crippen LogP contribution in [0.2, 0.25) is 0 Å².